The van der Waals surface area contributed by atoms with E-state index in [4.69, 9.17) is 0 Å². The normalized spacial score (nSPS) is 15.8. The van der Waals surface area contributed by atoms with Crippen molar-refractivity contribution in [3.63, 3.8) is 0 Å². The Morgan fingerprint density at radius 3 is 2.54 bits per heavy atom. The van der Waals surface area contributed by atoms with E-state index in [2.05, 4.69) is 27.0 Å². The van der Waals surface area contributed by atoms with Gasteiger partial charge in [-0.15, -0.1) is 0 Å². The van der Waals surface area contributed by atoms with E-state index >= 15 is 0 Å². The van der Waals surface area contributed by atoms with Crippen LogP contribution in [0.2, 0.25) is 0 Å². The maximum atomic E-state index is 12.9. The molecule has 28 heavy (non-hydrogen) atoms. The number of pyridine rings is 1. The number of anilines is 2. The van der Waals surface area contributed by atoms with Crippen molar-refractivity contribution in [2.24, 2.45) is 0 Å². The van der Waals surface area contributed by atoms with E-state index in [0.29, 0.717) is 6.54 Å². The number of hydrogen-bond donors (Lipinski definition) is 1. The third kappa shape index (κ3) is 4.59. The molecule has 1 saturated heterocycles. The molecule has 0 atom stereocenters. The maximum absolute atomic E-state index is 12.9. The first kappa shape index (κ1) is 20.5. The summed E-state index contributed by atoms with van der Waals surface area (Å²) in [6, 6.07) is 9.48. The molecule has 3 rings (SSSR count). The van der Waals surface area contributed by atoms with Crippen LogP contribution in [-0.2, 0) is 16.4 Å². The molecule has 6 nitrogen and oxygen atoms in total. The minimum Gasteiger partial charge on any atom is -0.380 e. The topological polar surface area (TPSA) is 65.5 Å². The number of alkyl halides is 2. The second-order valence-electron chi connectivity index (χ2n) is 6.60. The summed E-state index contributed by atoms with van der Waals surface area (Å²) in [6.45, 7) is 7.25. The first-order valence-corrected chi connectivity index (χ1v) is 10.7. The largest absolute Gasteiger partial charge is 0.380 e. The third-order valence-corrected chi connectivity index (χ3v) is 6.30. The molecule has 1 aliphatic rings. The van der Waals surface area contributed by atoms with Gasteiger partial charge in [0.05, 0.1) is 10.6 Å². The minimum atomic E-state index is -4.67. The summed E-state index contributed by atoms with van der Waals surface area (Å²) < 4.78 is 49.6. The summed E-state index contributed by atoms with van der Waals surface area (Å²) >= 11 is 0. The molecule has 0 saturated carbocycles. The number of likely N-dealkylation sites (N-methyl/N-ethyl adjacent to an activating group) is 1. The summed E-state index contributed by atoms with van der Waals surface area (Å²) in [7, 11) is -4.67. The van der Waals surface area contributed by atoms with E-state index in [1.54, 1.807) is 12.3 Å². The molecule has 0 radical (unpaired) electrons. The van der Waals surface area contributed by atoms with Gasteiger partial charge in [0.15, 0.2) is 0 Å². The fourth-order valence-electron chi connectivity index (χ4n) is 3.19. The van der Waals surface area contributed by atoms with Crippen molar-refractivity contribution in [3.05, 3.63) is 48.2 Å². The van der Waals surface area contributed by atoms with Crippen LogP contribution in [0.1, 0.15) is 12.5 Å². The molecule has 2 heterocycles. The highest BCUT2D eigenvalue weighted by Crippen LogP contribution is 2.26. The SMILES string of the molecule is CCN1CCN(c2cc(CNc3ccccc3S(=O)(=O)C(F)F)ccn2)CC1. The van der Waals surface area contributed by atoms with E-state index in [1.165, 1.54) is 18.2 Å². The molecule has 1 aromatic heterocycles. The zero-order valence-electron chi connectivity index (χ0n) is 15.7. The van der Waals surface area contributed by atoms with Crippen molar-refractivity contribution in [2.45, 2.75) is 24.1 Å². The van der Waals surface area contributed by atoms with Crippen molar-refractivity contribution in [3.8, 4) is 0 Å². The van der Waals surface area contributed by atoms with E-state index in [-0.39, 0.29) is 5.69 Å². The van der Waals surface area contributed by atoms with Gasteiger partial charge < -0.3 is 15.1 Å². The van der Waals surface area contributed by atoms with Gasteiger partial charge in [-0.25, -0.2) is 13.4 Å². The number of benzene rings is 1. The van der Waals surface area contributed by atoms with Crippen molar-refractivity contribution < 1.29 is 17.2 Å². The van der Waals surface area contributed by atoms with Crippen LogP contribution in [0.15, 0.2) is 47.5 Å². The fraction of sp³-hybridized carbons (Fsp3) is 0.421. The van der Waals surface area contributed by atoms with Crippen molar-refractivity contribution in [1.82, 2.24) is 9.88 Å². The summed E-state index contributed by atoms with van der Waals surface area (Å²) in [6.07, 6.45) is 1.71. The summed E-state index contributed by atoms with van der Waals surface area (Å²) in [4.78, 5) is 8.63. The molecule has 9 heteroatoms. The molecule has 1 N–H and O–H groups in total. The lowest BCUT2D eigenvalue weighted by Crippen LogP contribution is -2.46. The van der Waals surface area contributed by atoms with Crippen LogP contribution in [0.25, 0.3) is 0 Å². The maximum Gasteiger partial charge on any atom is 0.341 e. The van der Waals surface area contributed by atoms with Crippen LogP contribution in [0, 0.1) is 0 Å². The molecule has 0 aliphatic carbocycles. The molecule has 1 aliphatic heterocycles. The number of aromatic nitrogens is 1. The Morgan fingerprint density at radius 2 is 1.86 bits per heavy atom. The Morgan fingerprint density at radius 1 is 1.14 bits per heavy atom. The lowest BCUT2D eigenvalue weighted by atomic mass is 10.2. The Labute approximate surface area is 164 Å². The third-order valence-electron chi connectivity index (χ3n) is 4.86. The molecule has 0 unspecified atom stereocenters. The molecule has 152 valence electrons. The van der Waals surface area contributed by atoms with E-state index in [1.807, 2.05) is 12.1 Å². The number of nitrogens with zero attached hydrogens (tertiary/aromatic N) is 3. The van der Waals surface area contributed by atoms with Crippen molar-refractivity contribution in [1.29, 1.82) is 0 Å². The Bertz CT molecular complexity index is 900. The Hall–Kier alpha value is -2.26. The monoisotopic (exact) mass is 410 g/mol. The predicted molar refractivity (Wildman–Crippen MR) is 106 cm³/mol. The molecule has 1 aromatic carbocycles. The van der Waals surface area contributed by atoms with Gasteiger partial charge in [0.1, 0.15) is 5.82 Å². The summed E-state index contributed by atoms with van der Waals surface area (Å²) in [5.41, 5.74) is 1.06. The first-order valence-electron chi connectivity index (χ1n) is 9.19. The highest BCUT2D eigenvalue weighted by atomic mass is 32.2. The molecular formula is C19H24F2N4O2S. The zero-order valence-corrected chi connectivity index (χ0v) is 16.5. The van der Waals surface area contributed by atoms with Crippen molar-refractivity contribution >= 4 is 21.3 Å². The molecular weight excluding hydrogens is 386 g/mol. The minimum absolute atomic E-state index is 0.165. The van der Waals surface area contributed by atoms with E-state index < -0.39 is 20.5 Å². The van der Waals surface area contributed by atoms with Crippen LogP contribution in [-0.4, -0.2) is 56.8 Å². The molecule has 0 amide bonds. The van der Waals surface area contributed by atoms with Crippen LogP contribution >= 0.6 is 0 Å². The second kappa shape index (κ2) is 8.83. The van der Waals surface area contributed by atoms with Gasteiger partial charge in [-0.05, 0) is 36.4 Å². The Kier molecular flexibility index (Phi) is 6.46. The van der Waals surface area contributed by atoms with Crippen LogP contribution in [0.3, 0.4) is 0 Å². The smallest absolute Gasteiger partial charge is 0.341 e. The van der Waals surface area contributed by atoms with E-state index in [0.717, 1.165) is 44.1 Å². The quantitative estimate of drug-likeness (QED) is 0.757. The molecule has 0 bridgehead atoms. The number of halogens is 2. The number of hydrogen-bond acceptors (Lipinski definition) is 6. The number of piperazine rings is 1. The summed E-state index contributed by atoms with van der Waals surface area (Å²) in [5, 5.41) is 2.97. The van der Waals surface area contributed by atoms with Crippen LogP contribution in [0.4, 0.5) is 20.3 Å². The number of nitrogens with one attached hydrogen (secondary N) is 1. The van der Waals surface area contributed by atoms with Gasteiger partial charge in [0, 0.05) is 38.9 Å². The lowest BCUT2D eigenvalue weighted by Gasteiger charge is -2.34. The predicted octanol–water partition coefficient (Wildman–Crippen LogP) is 2.83. The van der Waals surface area contributed by atoms with Crippen LogP contribution < -0.4 is 10.2 Å². The summed E-state index contributed by atoms with van der Waals surface area (Å²) in [5.74, 6) is -2.59. The van der Waals surface area contributed by atoms with Gasteiger partial charge in [0.2, 0.25) is 9.84 Å². The average molecular weight is 410 g/mol. The average Bonchev–Trinajstić information content (AvgIpc) is 2.72. The highest BCUT2D eigenvalue weighted by molar-refractivity contribution is 7.91. The first-order chi connectivity index (χ1) is 13.4. The van der Waals surface area contributed by atoms with Gasteiger partial charge >= 0.3 is 5.76 Å². The standard InChI is InChI=1S/C19H24F2N4O2S/c1-2-24-9-11-25(12-10-24)18-13-15(7-8-22-18)14-23-16-5-3-4-6-17(16)28(26,27)19(20)21/h3-8,13,19,23H,2,9-12,14H2,1H3. The van der Waals surface area contributed by atoms with Gasteiger partial charge in [-0.3, -0.25) is 0 Å². The van der Waals surface area contributed by atoms with Crippen LogP contribution in [0.5, 0.6) is 0 Å². The molecule has 2 aromatic rings. The molecule has 1 fully saturated rings. The Balaban J connectivity index is 1.71. The number of para-hydroxylation sites is 1. The van der Waals surface area contributed by atoms with Gasteiger partial charge in [0.25, 0.3) is 0 Å². The zero-order chi connectivity index (χ0) is 20.1. The van der Waals surface area contributed by atoms with Gasteiger partial charge in [-0.2, -0.15) is 8.78 Å². The molecule has 0 spiro atoms. The number of rotatable bonds is 7. The fourth-order valence-corrected chi connectivity index (χ4v) is 4.10. The highest BCUT2D eigenvalue weighted by Gasteiger charge is 2.28. The van der Waals surface area contributed by atoms with Crippen molar-refractivity contribution in [2.75, 3.05) is 42.9 Å². The number of sulfone groups is 1. The van der Waals surface area contributed by atoms with E-state index in [9.17, 15) is 17.2 Å². The van der Waals surface area contributed by atoms with Gasteiger partial charge in [-0.1, -0.05) is 19.1 Å². The lowest BCUT2D eigenvalue weighted by molar-refractivity contribution is 0.235. The second-order valence-corrected chi connectivity index (χ2v) is 8.49.